The topological polar surface area (TPSA) is 63.7 Å². The third-order valence-electron chi connectivity index (χ3n) is 8.04. The van der Waals surface area contributed by atoms with Crippen LogP contribution in [0.25, 0.3) is 22.2 Å². The zero-order chi connectivity index (χ0) is 27.6. The van der Waals surface area contributed by atoms with E-state index in [0.29, 0.717) is 31.7 Å². The molecule has 5 heterocycles. The summed E-state index contributed by atoms with van der Waals surface area (Å²) in [4.78, 5) is 11.4. The molecular formula is C31H31F2N7. The van der Waals surface area contributed by atoms with E-state index in [0.717, 1.165) is 54.1 Å². The second-order valence-electron chi connectivity index (χ2n) is 10.3. The van der Waals surface area contributed by atoms with Gasteiger partial charge in [0.25, 0.3) is 0 Å². The quantitative estimate of drug-likeness (QED) is 0.345. The molecule has 2 aliphatic heterocycles. The van der Waals surface area contributed by atoms with Gasteiger partial charge >= 0.3 is 0 Å². The molecule has 0 N–H and O–H groups in total. The van der Waals surface area contributed by atoms with Gasteiger partial charge in [-0.2, -0.15) is 10.4 Å². The van der Waals surface area contributed by atoms with Gasteiger partial charge < -0.3 is 4.90 Å². The number of piperazine rings is 1. The van der Waals surface area contributed by atoms with Gasteiger partial charge in [0.05, 0.1) is 17.3 Å². The maximum Gasteiger partial charge on any atom is 0.130 e. The fourth-order valence-corrected chi connectivity index (χ4v) is 5.63. The maximum atomic E-state index is 14.1. The lowest BCUT2D eigenvalue weighted by Gasteiger charge is -2.35. The summed E-state index contributed by atoms with van der Waals surface area (Å²) >= 11 is 0. The van der Waals surface area contributed by atoms with Crippen molar-refractivity contribution in [1.82, 2.24) is 24.4 Å². The Balaban J connectivity index is 1.22. The number of nitrogens with zero attached hydrogens (tertiary/aromatic N) is 7. The fraction of sp³-hybridized carbons (Fsp3) is 0.323. The van der Waals surface area contributed by atoms with Gasteiger partial charge in [-0.05, 0) is 54.4 Å². The molecule has 0 spiro atoms. The molecule has 0 saturated carbocycles. The Labute approximate surface area is 232 Å². The van der Waals surface area contributed by atoms with Gasteiger partial charge in [-0.25, -0.2) is 18.3 Å². The molecule has 1 fully saturated rings. The van der Waals surface area contributed by atoms with Gasteiger partial charge in [0, 0.05) is 74.9 Å². The van der Waals surface area contributed by atoms with Crippen molar-refractivity contribution >= 4 is 16.9 Å². The molecule has 3 aromatic heterocycles. The molecule has 0 amide bonds. The Morgan fingerprint density at radius 3 is 2.40 bits per heavy atom. The first kappa shape index (κ1) is 26.1. The van der Waals surface area contributed by atoms with Crippen molar-refractivity contribution in [2.24, 2.45) is 0 Å². The van der Waals surface area contributed by atoms with Crippen LogP contribution in [0.3, 0.4) is 0 Å². The summed E-state index contributed by atoms with van der Waals surface area (Å²) < 4.78 is 30.0. The molecule has 204 valence electrons. The minimum absolute atomic E-state index is 0.121. The van der Waals surface area contributed by atoms with E-state index in [1.165, 1.54) is 23.8 Å². The van der Waals surface area contributed by atoms with Crippen molar-refractivity contribution < 1.29 is 8.78 Å². The molecule has 4 aromatic rings. The summed E-state index contributed by atoms with van der Waals surface area (Å²) in [7, 11) is 0. The number of hydrogen-bond acceptors (Lipinski definition) is 6. The van der Waals surface area contributed by atoms with Crippen LogP contribution in [0, 0.1) is 23.0 Å². The van der Waals surface area contributed by atoms with Gasteiger partial charge in [0.15, 0.2) is 0 Å². The monoisotopic (exact) mass is 539 g/mol. The highest BCUT2D eigenvalue weighted by molar-refractivity contribution is 5.87. The van der Waals surface area contributed by atoms with E-state index < -0.39 is 11.6 Å². The Hall–Kier alpha value is -4.13. The van der Waals surface area contributed by atoms with E-state index in [1.807, 2.05) is 29.0 Å². The van der Waals surface area contributed by atoms with E-state index in [9.17, 15) is 14.0 Å². The average Bonchev–Trinajstić information content (AvgIpc) is 3.42. The Bertz CT molecular complexity index is 1570. The van der Waals surface area contributed by atoms with E-state index in [4.69, 9.17) is 4.98 Å². The molecule has 0 atom stereocenters. The molecular weight excluding hydrogens is 508 g/mol. The number of benzene rings is 1. The number of aromatic nitrogens is 3. The second-order valence-corrected chi connectivity index (χ2v) is 10.3. The normalized spacial score (nSPS) is 16.8. The number of nitriles is 1. The molecule has 9 heteroatoms. The second kappa shape index (κ2) is 11.2. The first-order valence-electron chi connectivity index (χ1n) is 13.7. The van der Waals surface area contributed by atoms with E-state index >= 15 is 0 Å². The minimum atomic E-state index is -0.502. The Kier molecular flexibility index (Phi) is 7.29. The standard InChI is InChI=1S/C31H31F2N7/c1-2-37-10-8-22(9-11-37)24-16-26(31-25(17-34)19-36-40(31)20-24)23-6-7-30(35-18-23)39-14-12-38(13-15-39)21-27-28(32)4-3-5-29(27)33/h3-8,16,18-20H,2,9-15,21H2,1H3. The number of halogens is 2. The molecule has 6 rings (SSSR count). The van der Waals surface area contributed by atoms with Crippen molar-refractivity contribution in [1.29, 1.82) is 5.26 Å². The highest BCUT2D eigenvalue weighted by atomic mass is 19.1. The lowest BCUT2D eigenvalue weighted by atomic mass is 9.96. The fourth-order valence-electron chi connectivity index (χ4n) is 5.63. The molecule has 0 bridgehead atoms. The molecule has 0 radical (unpaired) electrons. The van der Waals surface area contributed by atoms with Crippen LogP contribution in [0.2, 0.25) is 0 Å². The summed E-state index contributed by atoms with van der Waals surface area (Å²) in [5.74, 6) is -0.145. The summed E-state index contributed by atoms with van der Waals surface area (Å²) in [6.45, 7) is 8.23. The van der Waals surface area contributed by atoms with Crippen molar-refractivity contribution in [3.63, 3.8) is 0 Å². The number of fused-ring (bicyclic) bond motifs is 1. The van der Waals surface area contributed by atoms with Crippen LogP contribution in [-0.4, -0.2) is 70.2 Å². The first-order chi connectivity index (χ1) is 19.5. The Morgan fingerprint density at radius 1 is 0.950 bits per heavy atom. The molecule has 1 saturated heterocycles. The highest BCUT2D eigenvalue weighted by Crippen LogP contribution is 2.32. The summed E-state index contributed by atoms with van der Waals surface area (Å²) in [5, 5.41) is 14.2. The summed E-state index contributed by atoms with van der Waals surface area (Å²) in [5.41, 5.74) is 5.69. The smallest absolute Gasteiger partial charge is 0.130 e. The number of likely N-dealkylation sites (N-methyl/N-ethyl adjacent to an activating group) is 1. The molecule has 0 unspecified atom stereocenters. The number of pyridine rings is 2. The lowest BCUT2D eigenvalue weighted by molar-refractivity contribution is 0.242. The Morgan fingerprint density at radius 2 is 1.75 bits per heavy atom. The van der Waals surface area contributed by atoms with Crippen LogP contribution in [0.4, 0.5) is 14.6 Å². The van der Waals surface area contributed by atoms with Crippen molar-refractivity contribution in [2.45, 2.75) is 19.9 Å². The molecule has 2 aliphatic rings. The summed E-state index contributed by atoms with van der Waals surface area (Å²) in [6.07, 6.45) is 8.75. The van der Waals surface area contributed by atoms with Crippen LogP contribution in [0.1, 0.15) is 30.0 Å². The summed E-state index contributed by atoms with van der Waals surface area (Å²) in [6, 6.07) is 12.5. The number of hydrogen-bond donors (Lipinski definition) is 0. The molecule has 1 aromatic carbocycles. The third kappa shape index (κ3) is 5.08. The first-order valence-corrected chi connectivity index (χ1v) is 13.7. The minimum Gasteiger partial charge on any atom is -0.354 e. The van der Waals surface area contributed by atoms with Gasteiger partial charge in [-0.3, -0.25) is 9.80 Å². The predicted octanol–water partition coefficient (Wildman–Crippen LogP) is 4.98. The SMILES string of the molecule is CCN1CC=C(c2cc(-c3ccc(N4CCN(Cc5c(F)cccc5F)CC4)nc3)c3c(C#N)cnn3c2)CC1. The van der Waals surface area contributed by atoms with Crippen molar-refractivity contribution in [3.05, 3.63) is 89.4 Å². The molecule has 0 aliphatic carbocycles. The third-order valence-corrected chi connectivity index (χ3v) is 8.04. The van der Waals surface area contributed by atoms with Crippen LogP contribution in [-0.2, 0) is 6.54 Å². The largest absolute Gasteiger partial charge is 0.354 e. The van der Waals surface area contributed by atoms with Crippen LogP contribution in [0.15, 0.2) is 61.1 Å². The number of rotatable bonds is 6. The van der Waals surface area contributed by atoms with Gasteiger partial charge in [0.2, 0.25) is 0 Å². The van der Waals surface area contributed by atoms with Crippen LogP contribution in [0.5, 0.6) is 0 Å². The van der Waals surface area contributed by atoms with Gasteiger partial charge in [0.1, 0.15) is 23.5 Å². The van der Waals surface area contributed by atoms with Crippen molar-refractivity contribution in [3.8, 4) is 17.2 Å². The van der Waals surface area contributed by atoms with Gasteiger partial charge in [-0.1, -0.05) is 19.1 Å². The van der Waals surface area contributed by atoms with E-state index in [-0.39, 0.29) is 12.1 Å². The zero-order valence-electron chi connectivity index (χ0n) is 22.5. The zero-order valence-corrected chi connectivity index (χ0v) is 22.5. The van der Waals surface area contributed by atoms with Crippen molar-refractivity contribution in [2.75, 3.05) is 50.7 Å². The van der Waals surface area contributed by atoms with Crippen LogP contribution >= 0.6 is 0 Å². The predicted molar refractivity (Wildman–Crippen MR) is 152 cm³/mol. The number of anilines is 1. The average molecular weight is 540 g/mol. The molecule has 7 nitrogen and oxygen atoms in total. The van der Waals surface area contributed by atoms with Gasteiger partial charge in [-0.15, -0.1) is 0 Å². The molecule has 40 heavy (non-hydrogen) atoms. The highest BCUT2D eigenvalue weighted by Gasteiger charge is 2.22. The van der Waals surface area contributed by atoms with E-state index in [2.05, 4.69) is 44.9 Å². The van der Waals surface area contributed by atoms with E-state index in [1.54, 1.807) is 6.20 Å². The maximum absolute atomic E-state index is 14.1. The van der Waals surface area contributed by atoms with Crippen LogP contribution < -0.4 is 4.90 Å². The lowest BCUT2D eigenvalue weighted by Crippen LogP contribution is -2.46.